The van der Waals surface area contributed by atoms with E-state index in [4.69, 9.17) is 16.8 Å². The topological polar surface area (TPSA) is 16.8 Å². The fourth-order valence-electron chi connectivity index (χ4n) is 4.47. The van der Waals surface area contributed by atoms with Crippen molar-refractivity contribution in [3.8, 4) is 0 Å². The van der Waals surface area contributed by atoms with Crippen molar-refractivity contribution < 1.29 is 14.6 Å². The molecule has 0 saturated heterocycles. The Hall–Kier alpha value is -2.22. The molecule has 3 rings (SSSR count). The summed E-state index contributed by atoms with van der Waals surface area (Å²) < 4.78 is 56.2. The van der Waals surface area contributed by atoms with E-state index in [9.17, 15) is 4.39 Å². The molecule has 1 aliphatic heterocycles. The van der Waals surface area contributed by atoms with Gasteiger partial charge in [-0.2, -0.15) is 0 Å². The zero-order chi connectivity index (χ0) is 25.7. The van der Waals surface area contributed by atoms with Crippen LogP contribution in [0.5, 0.6) is 0 Å². The zero-order valence-electron chi connectivity index (χ0n) is 23.0. The Balaban J connectivity index is 2.45. The molecule has 30 heavy (non-hydrogen) atoms. The Labute approximate surface area is 186 Å². The minimum atomic E-state index is -1.30. The first-order chi connectivity index (χ1) is 15.8. The van der Waals surface area contributed by atoms with Crippen molar-refractivity contribution in [1.29, 1.82) is 0 Å². The Morgan fingerprint density at radius 2 is 1.97 bits per heavy atom. The fraction of sp³-hybridized carbons (Fsp3) is 0.500. The molecule has 0 aromatic heterocycles. The predicted octanol–water partition coefficient (Wildman–Crippen LogP) is 6.61. The normalized spacial score (nSPS) is 23.4. The van der Waals surface area contributed by atoms with Crippen LogP contribution in [-0.4, -0.2) is 25.0 Å². The summed E-state index contributed by atoms with van der Waals surface area (Å²) >= 11 is 0. The summed E-state index contributed by atoms with van der Waals surface area (Å²) in [6.45, 7) is 20.1. The highest BCUT2D eigenvalue weighted by molar-refractivity contribution is 5.61. The number of benzene rings is 2. The molecule has 2 aromatic rings. The molecule has 0 saturated carbocycles. The second-order valence-electron chi connectivity index (χ2n) is 8.56. The molecule has 0 bridgehead atoms. The first-order valence-electron chi connectivity index (χ1n) is 12.5. The predicted molar refractivity (Wildman–Crippen MR) is 121 cm³/mol. The summed E-state index contributed by atoms with van der Waals surface area (Å²) in [4.78, 5) is 5.68. The van der Waals surface area contributed by atoms with Crippen LogP contribution >= 0.6 is 0 Å². The molecule has 0 spiro atoms. The number of hydrogen-bond acceptors (Lipinski definition) is 2. The van der Waals surface area contributed by atoms with E-state index in [1.54, 1.807) is 27.7 Å². The van der Waals surface area contributed by atoms with Crippen molar-refractivity contribution in [3.05, 3.63) is 74.8 Å². The molecule has 0 N–H and O–H groups in total. The molecule has 0 aliphatic carbocycles. The monoisotopic (exact) mass is 412 g/mol. The van der Waals surface area contributed by atoms with Crippen molar-refractivity contribution in [2.45, 2.75) is 59.7 Å². The summed E-state index contributed by atoms with van der Waals surface area (Å²) in [7, 11) is 2.02. The Kier molecular flexibility index (Phi) is 4.94. The SMILES string of the molecule is [2H]c1c([2H])c([C@]2(CC(C)CN(C)CC)OC(C)c3c([2H])c([N+]#[C-])c(C)c([2H])c32)c(C)c(C)c1F. The van der Waals surface area contributed by atoms with Crippen LogP contribution in [0.25, 0.3) is 4.85 Å². The number of halogens is 1. The third kappa shape index (κ3) is 3.77. The Morgan fingerprint density at radius 1 is 1.27 bits per heavy atom. The average Bonchev–Trinajstić information content (AvgIpc) is 3.07. The number of fused-ring (bicyclic) bond motifs is 1. The summed E-state index contributed by atoms with van der Waals surface area (Å²) in [5.41, 5.74) is 1.37. The molecule has 1 aliphatic rings. The van der Waals surface area contributed by atoms with Crippen molar-refractivity contribution in [1.82, 2.24) is 4.90 Å². The fourth-order valence-corrected chi connectivity index (χ4v) is 4.47. The van der Waals surface area contributed by atoms with Crippen LogP contribution < -0.4 is 0 Å². The summed E-state index contributed by atoms with van der Waals surface area (Å²) in [5, 5.41) is 0. The molecule has 2 unspecified atom stereocenters. The number of rotatable bonds is 6. The van der Waals surface area contributed by atoms with Crippen molar-refractivity contribution >= 4 is 5.69 Å². The van der Waals surface area contributed by atoms with Gasteiger partial charge in [0.05, 0.1) is 16.8 Å². The van der Waals surface area contributed by atoms with E-state index < -0.39 is 23.6 Å². The van der Waals surface area contributed by atoms with Gasteiger partial charge in [-0.05, 0) is 93.0 Å². The molecular weight excluding hydrogens is 375 g/mol. The molecule has 3 atom stereocenters. The first kappa shape index (κ1) is 17.5. The minimum absolute atomic E-state index is 0.0420. The second kappa shape index (κ2) is 8.49. The Bertz CT molecular complexity index is 1160. The molecule has 160 valence electrons. The maximum absolute atomic E-state index is 14.7. The quantitative estimate of drug-likeness (QED) is 0.496. The van der Waals surface area contributed by atoms with Gasteiger partial charge in [-0.15, -0.1) is 0 Å². The summed E-state index contributed by atoms with van der Waals surface area (Å²) in [5.74, 6) is -0.658. The lowest BCUT2D eigenvalue weighted by Crippen LogP contribution is -2.34. The number of ether oxygens (including phenoxy) is 1. The molecule has 3 nitrogen and oxygen atoms in total. The number of hydrogen-bond donors (Lipinski definition) is 0. The van der Waals surface area contributed by atoms with Crippen LogP contribution in [0, 0.1) is 39.1 Å². The maximum atomic E-state index is 14.7. The van der Waals surface area contributed by atoms with Gasteiger partial charge in [-0.25, -0.2) is 9.24 Å². The third-order valence-electron chi connectivity index (χ3n) is 6.26. The zero-order valence-corrected chi connectivity index (χ0v) is 19.0. The lowest BCUT2D eigenvalue weighted by atomic mass is 9.76. The highest BCUT2D eigenvalue weighted by atomic mass is 19.1. The lowest BCUT2D eigenvalue weighted by molar-refractivity contribution is -0.0562. The van der Waals surface area contributed by atoms with Gasteiger partial charge in [0.25, 0.3) is 0 Å². The van der Waals surface area contributed by atoms with E-state index in [2.05, 4.69) is 23.6 Å². The molecule has 0 amide bonds. The van der Waals surface area contributed by atoms with Gasteiger partial charge in [0.15, 0.2) is 5.69 Å². The van der Waals surface area contributed by atoms with E-state index in [1.165, 1.54) is 0 Å². The van der Waals surface area contributed by atoms with Crippen LogP contribution in [0.1, 0.15) is 72.2 Å². The smallest absolute Gasteiger partial charge is 0.190 e. The lowest BCUT2D eigenvalue weighted by Gasteiger charge is -2.36. The molecule has 2 aromatic carbocycles. The van der Waals surface area contributed by atoms with Crippen molar-refractivity contribution in [2.24, 2.45) is 5.92 Å². The van der Waals surface area contributed by atoms with Gasteiger partial charge in [0.2, 0.25) is 0 Å². The Morgan fingerprint density at radius 3 is 2.60 bits per heavy atom. The van der Waals surface area contributed by atoms with Gasteiger partial charge in [0.1, 0.15) is 11.4 Å². The van der Waals surface area contributed by atoms with Gasteiger partial charge >= 0.3 is 0 Å². The van der Waals surface area contributed by atoms with Crippen LogP contribution in [0.15, 0.2) is 24.2 Å². The first-order valence-corrected chi connectivity index (χ1v) is 10.5. The largest absolute Gasteiger partial charge is 0.358 e. The standard InChI is InChI=1S/C26H33FN2O/c1-9-29(8)15-16(2)14-26(22-10-11-24(27)19(5)18(22)4)23-12-17(3)25(28-7)13-21(23)20(6)30-26/h10-13,16,20H,9,14-15H2,1-6,8H3/t16?,20?,26-/m0/s1/i10D,11D,12D,13D. The van der Waals surface area contributed by atoms with Gasteiger partial charge in [-0.1, -0.05) is 32.0 Å². The minimum Gasteiger partial charge on any atom is -0.358 e. The van der Waals surface area contributed by atoms with Crippen LogP contribution in [0.4, 0.5) is 10.1 Å². The molecule has 0 radical (unpaired) electrons. The van der Waals surface area contributed by atoms with Crippen LogP contribution in [-0.2, 0) is 10.3 Å². The van der Waals surface area contributed by atoms with Gasteiger partial charge in [-0.3, -0.25) is 0 Å². The summed E-state index contributed by atoms with van der Waals surface area (Å²) in [6, 6.07) is -0.591. The molecule has 0 fully saturated rings. The third-order valence-corrected chi connectivity index (χ3v) is 6.26. The summed E-state index contributed by atoms with van der Waals surface area (Å²) in [6.07, 6.45) is -0.198. The second-order valence-corrected chi connectivity index (χ2v) is 8.56. The van der Waals surface area contributed by atoms with E-state index in [-0.39, 0.29) is 35.3 Å². The molecule has 4 heteroatoms. The van der Waals surface area contributed by atoms with E-state index in [0.717, 1.165) is 13.1 Å². The number of nitrogens with zero attached hydrogens (tertiary/aromatic N) is 2. The van der Waals surface area contributed by atoms with Gasteiger partial charge < -0.3 is 9.64 Å². The maximum Gasteiger partial charge on any atom is 0.190 e. The highest BCUT2D eigenvalue weighted by Crippen LogP contribution is 2.53. The van der Waals surface area contributed by atoms with E-state index >= 15 is 0 Å². The van der Waals surface area contributed by atoms with Crippen LogP contribution in [0.2, 0.25) is 0 Å². The van der Waals surface area contributed by atoms with Crippen molar-refractivity contribution in [2.75, 3.05) is 20.1 Å². The average molecular weight is 413 g/mol. The molecular formula is C26H33FN2O. The molecule has 1 heterocycles. The van der Waals surface area contributed by atoms with Crippen molar-refractivity contribution in [3.63, 3.8) is 0 Å². The van der Waals surface area contributed by atoms with Gasteiger partial charge in [0, 0.05) is 7.92 Å². The van der Waals surface area contributed by atoms with Crippen LogP contribution in [0.3, 0.4) is 0 Å². The highest BCUT2D eigenvalue weighted by Gasteiger charge is 2.47. The van der Waals surface area contributed by atoms with E-state index in [0.29, 0.717) is 34.2 Å². The van der Waals surface area contributed by atoms with E-state index in [1.807, 2.05) is 7.05 Å².